The fourth-order valence-corrected chi connectivity index (χ4v) is 9.57. The van der Waals surface area contributed by atoms with Crippen molar-refractivity contribution in [1.82, 2.24) is 29.5 Å². The third-order valence-corrected chi connectivity index (χ3v) is 13.2. The Bertz CT molecular complexity index is 4140. The van der Waals surface area contributed by atoms with E-state index in [0.717, 1.165) is 77.8 Å². The van der Waals surface area contributed by atoms with E-state index in [0.29, 0.717) is 62.5 Å². The van der Waals surface area contributed by atoms with E-state index in [-0.39, 0.29) is 0 Å². The Labute approximate surface area is 431 Å². The Morgan fingerprint density at radius 3 is 1.41 bits per heavy atom. The Kier molecular flexibility index (Phi) is 11.5. The molecule has 12 rings (SSSR count). The summed E-state index contributed by atoms with van der Waals surface area (Å²) in [5, 5.41) is 21.8. The molecule has 12 aromatic rings. The molecule has 0 saturated heterocycles. The molecule has 0 aliphatic heterocycles. The molecule has 75 heavy (non-hydrogen) atoms. The van der Waals surface area contributed by atoms with Crippen molar-refractivity contribution in [3.05, 3.63) is 252 Å². The van der Waals surface area contributed by atoms with Crippen molar-refractivity contribution in [3.8, 4) is 108 Å². The van der Waals surface area contributed by atoms with Crippen molar-refractivity contribution in [2.24, 2.45) is 0 Å². The van der Waals surface area contributed by atoms with Gasteiger partial charge in [-0.25, -0.2) is 34.6 Å². The second-order valence-corrected chi connectivity index (χ2v) is 17.7. The van der Waals surface area contributed by atoms with Crippen LogP contribution in [0.3, 0.4) is 0 Å². The van der Waals surface area contributed by atoms with Crippen LogP contribution in [0.2, 0.25) is 0 Å². The molecule has 0 spiro atoms. The number of nitriles is 2. The van der Waals surface area contributed by atoms with Gasteiger partial charge in [-0.1, -0.05) is 152 Å². The maximum atomic E-state index is 10.3. The lowest BCUT2D eigenvalue weighted by Crippen LogP contribution is -2.04. The topological polar surface area (TPSA) is 126 Å². The smallest absolute Gasteiger partial charge is 0.196 e. The van der Waals surface area contributed by atoms with Gasteiger partial charge in [-0.3, -0.25) is 0 Å². The maximum Gasteiger partial charge on any atom is 0.196 e. The van der Waals surface area contributed by atoms with Crippen LogP contribution in [-0.4, -0.2) is 29.5 Å². The number of aromatic nitrogens is 6. The molecule has 10 heteroatoms. The number of rotatable bonds is 9. The van der Waals surface area contributed by atoms with E-state index in [1.807, 2.05) is 158 Å². The van der Waals surface area contributed by atoms with Gasteiger partial charge in [0.2, 0.25) is 0 Å². The monoisotopic (exact) mass is 956 g/mol. The number of nitrogens with zero attached hydrogens (tertiary/aromatic N) is 10. The van der Waals surface area contributed by atoms with E-state index >= 15 is 0 Å². The zero-order valence-electron chi connectivity index (χ0n) is 39.8. The van der Waals surface area contributed by atoms with Gasteiger partial charge in [-0.2, -0.15) is 10.5 Å². The summed E-state index contributed by atoms with van der Waals surface area (Å²) in [6.45, 7) is 15.7. The number of hydrogen-bond acceptors (Lipinski definition) is 7. The van der Waals surface area contributed by atoms with Crippen LogP contribution in [0.25, 0.3) is 128 Å². The molecule has 9 aromatic carbocycles. The lowest BCUT2D eigenvalue weighted by atomic mass is 9.97. The average Bonchev–Trinajstić information content (AvgIpc) is 3.88. The van der Waals surface area contributed by atoms with Crippen LogP contribution >= 0.6 is 0 Å². The fourth-order valence-electron chi connectivity index (χ4n) is 9.57. The van der Waals surface area contributed by atoms with Gasteiger partial charge in [0.05, 0.1) is 53.4 Å². The summed E-state index contributed by atoms with van der Waals surface area (Å²) in [6, 6.07) is 75.1. The molecule has 0 bridgehead atoms. The lowest BCUT2D eigenvalue weighted by Gasteiger charge is -2.17. The summed E-state index contributed by atoms with van der Waals surface area (Å²) in [5.41, 5.74) is 13.4. The summed E-state index contributed by atoms with van der Waals surface area (Å²) in [7, 11) is 0. The summed E-state index contributed by atoms with van der Waals surface area (Å²) in [4.78, 5) is 33.5. The highest BCUT2D eigenvalue weighted by molar-refractivity contribution is 6.12. The molecule has 3 aromatic heterocycles. The number of benzene rings is 9. The standard InChI is InChI=1S/C65H36N10/c1-68-50-27-29-51(49(34-50)40-67)46-24-30-59-53(35-46)54-36-47(52-28-23-41(39-66)33-58(52)69-2)25-31-60(54)75(59)61-32-26-48(64-70-56(42-15-7-3-8-16-42)38-57(71-64)43-17-9-4-10-18-43)37-55(61)65-73-62(44-19-11-5-12-20-44)72-63(74-65)45-21-13-6-14-22-45/h3-38H. The zero-order valence-corrected chi connectivity index (χ0v) is 39.8. The van der Waals surface area contributed by atoms with E-state index in [2.05, 4.69) is 62.8 Å². The van der Waals surface area contributed by atoms with Gasteiger partial charge in [-0.15, -0.1) is 0 Å². The van der Waals surface area contributed by atoms with Gasteiger partial charge in [0, 0.05) is 55.3 Å². The average molecular weight is 957 g/mol. The first-order valence-corrected chi connectivity index (χ1v) is 23.9. The molecule has 346 valence electrons. The largest absolute Gasteiger partial charge is 0.308 e. The summed E-state index contributed by atoms with van der Waals surface area (Å²) in [5.74, 6) is 1.92. The highest BCUT2D eigenvalue weighted by Gasteiger charge is 2.23. The molecule has 0 unspecified atom stereocenters. The van der Waals surface area contributed by atoms with Crippen molar-refractivity contribution >= 4 is 33.2 Å². The van der Waals surface area contributed by atoms with Gasteiger partial charge < -0.3 is 4.57 Å². The summed E-state index contributed by atoms with van der Waals surface area (Å²) >= 11 is 0. The molecule has 0 radical (unpaired) electrons. The minimum absolute atomic E-state index is 0.363. The molecule has 0 amide bonds. The van der Waals surface area contributed by atoms with E-state index in [1.165, 1.54) is 0 Å². The predicted molar refractivity (Wildman–Crippen MR) is 295 cm³/mol. The third kappa shape index (κ3) is 8.45. The van der Waals surface area contributed by atoms with Crippen molar-refractivity contribution in [2.75, 3.05) is 0 Å². The Morgan fingerprint density at radius 2 is 0.880 bits per heavy atom. The van der Waals surface area contributed by atoms with Gasteiger partial charge in [0.1, 0.15) is 0 Å². The quantitative estimate of drug-likeness (QED) is 0.132. The molecule has 3 heterocycles. The Balaban J connectivity index is 1.16. The van der Waals surface area contributed by atoms with Crippen LogP contribution in [-0.2, 0) is 0 Å². The van der Waals surface area contributed by atoms with Crippen LogP contribution < -0.4 is 0 Å². The van der Waals surface area contributed by atoms with Crippen molar-refractivity contribution in [2.45, 2.75) is 0 Å². The molecule has 0 aliphatic rings. The minimum atomic E-state index is 0.363. The van der Waals surface area contributed by atoms with Crippen LogP contribution in [0.15, 0.2) is 218 Å². The van der Waals surface area contributed by atoms with Crippen LogP contribution in [0.5, 0.6) is 0 Å². The molecular weight excluding hydrogens is 921 g/mol. The predicted octanol–water partition coefficient (Wildman–Crippen LogP) is 15.9. The van der Waals surface area contributed by atoms with Crippen LogP contribution in [0.4, 0.5) is 11.4 Å². The molecule has 0 saturated carbocycles. The number of fused-ring (bicyclic) bond motifs is 3. The van der Waals surface area contributed by atoms with Crippen LogP contribution in [0, 0.1) is 35.8 Å². The van der Waals surface area contributed by atoms with E-state index in [4.69, 9.17) is 38.1 Å². The maximum absolute atomic E-state index is 10.3. The molecule has 0 aliphatic carbocycles. The fraction of sp³-hybridized carbons (Fsp3) is 0. The normalized spacial score (nSPS) is 10.9. The number of hydrogen-bond donors (Lipinski definition) is 0. The molecule has 10 nitrogen and oxygen atoms in total. The van der Waals surface area contributed by atoms with E-state index < -0.39 is 0 Å². The van der Waals surface area contributed by atoms with Crippen molar-refractivity contribution in [1.29, 1.82) is 10.5 Å². The lowest BCUT2D eigenvalue weighted by molar-refractivity contribution is 1.06. The molecular formula is C65H36N10. The molecule has 0 N–H and O–H groups in total. The highest BCUT2D eigenvalue weighted by Crippen LogP contribution is 2.43. The first-order valence-electron chi connectivity index (χ1n) is 23.9. The summed E-state index contributed by atoms with van der Waals surface area (Å²) < 4.78 is 2.20. The third-order valence-electron chi connectivity index (χ3n) is 13.2. The van der Waals surface area contributed by atoms with E-state index in [9.17, 15) is 10.5 Å². The highest BCUT2D eigenvalue weighted by atomic mass is 15.1. The van der Waals surface area contributed by atoms with Crippen molar-refractivity contribution < 1.29 is 0 Å². The van der Waals surface area contributed by atoms with Gasteiger partial charge in [0.25, 0.3) is 0 Å². The Hall–Kier alpha value is -11.2. The molecule has 0 fully saturated rings. The first kappa shape index (κ1) is 45.0. The summed E-state index contributed by atoms with van der Waals surface area (Å²) in [6.07, 6.45) is 0. The SMILES string of the molecule is [C-]#[N+]c1ccc(-c2ccc3c(c2)c2cc(-c4ccc(C#N)cc4[N+]#[C-])ccc2n3-c2ccc(-c3nc(-c4ccccc4)cc(-c4ccccc4)n3)cc2-c2nc(-c3ccccc3)nc(-c3ccccc3)n2)c(C#N)c1. The van der Waals surface area contributed by atoms with Gasteiger partial charge in [-0.05, 0) is 89.0 Å². The van der Waals surface area contributed by atoms with Crippen LogP contribution in [0.1, 0.15) is 11.1 Å². The molecule has 0 atom stereocenters. The zero-order chi connectivity index (χ0) is 50.8. The second-order valence-electron chi connectivity index (χ2n) is 17.7. The van der Waals surface area contributed by atoms with Gasteiger partial charge >= 0.3 is 0 Å². The Morgan fingerprint density at radius 1 is 0.373 bits per heavy atom. The minimum Gasteiger partial charge on any atom is -0.308 e. The second kappa shape index (κ2) is 19.2. The first-order chi connectivity index (χ1) is 37.0. The van der Waals surface area contributed by atoms with E-state index in [1.54, 1.807) is 24.3 Å². The van der Waals surface area contributed by atoms with Crippen molar-refractivity contribution in [3.63, 3.8) is 0 Å². The van der Waals surface area contributed by atoms with Gasteiger partial charge in [0.15, 0.2) is 34.7 Å².